The van der Waals surface area contributed by atoms with E-state index in [2.05, 4.69) is 19.2 Å². The molecule has 0 aliphatic carbocycles. The van der Waals surface area contributed by atoms with Gasteiger partial charge in [0.15, 0.2) is 0 Å². The van der Waals surface area contributed by atoms with Crippen molar-refractivity contribution in [2.24, 2.45) is 0 Å². The van der Waals surface area contributed by atoms with E-state index in [4.69, 9.17) is 4.74 Å². The topological polar surface area (TPSA) is 95.9 Å². The van der Waals surface area contributed by atoms with E-state index in [-0.39, 0.29) is 18.5 Å². The van der Waals surface area contributed by atoms with Gasteiger partial charge >= 0.3 is 5.97 Å². The highest BCUT2D eigenvalue weighted by atomic mass is 16.5. The van der Waals surface area contributed by atoms with Crippen LogP contribution in [0, 0.1) is 0 Å². The molecular formula is C84H165NO5. The largest absolute Gasteiger partial charge is 0.466 e. The average molecular weight is 1270 g/mol. The molecule has 0 aliphatic heterocycles. The first-order chi connectivity index (χ1) is 44.5. The molecule has 0 rings (SSSR count). The standard InChI is InChI=1S/C84H165NO5/c1-3-5-7-9-11-13-15-16-17-18-19-20-38-41-44-47-50-53-57-60-64-68-72-76-82(87)81(80-86)85-83(88)77-73-69-65-61-58-54-51-48-45-42-39-36-34-32-30-28-26-24-22-21-23-25-27-29-31-33-35-37-40-43-46-49-52-55-59-63-67-71-75-79-90-84(89)78-74-70-66-62-56-14-12-10-8-6-4-2/h72,76,81-82,86-87H,3-71,73-75,77-80H2,1-2H3,(H,85,88)/b76-72+. The van der Waals surface area contributed by atoms with Gasteiger partial charge in [-0.05, 0) is 32.1 Å². The molecule has 0 fully saturated rings. The second-order valence-corrected chi connectivity index (χ2v) is 29.2. The van der Waals surface area contributed by atoms with Crippen molar-refractivity contribution in [1.29, 1.82) is 0 Å². The number of aliphatic hydroxyl groups is 2. The van der Waals surface area contributed by atoms with Crippen molar-refractivity contribution in [3.8, 4) is 0 Å². The Bertz CT molecular complexity index is 1370. The summed E-state index contributed by atoms with van der Waals surface area (Å²) in [5.74, 6) is -0.0313. The molecule has 0 spiro atoms. The number of carbonyl (C=O) groups excluding carboxylic acids is 2. The lowest BCUT2D eigenvalue weighted by atomic mass is 10.0. The molecule has 2 unspecified atom stereocenters. The van der Waals surface area contributed by atoms with Crippen LogP contribution in [0.15, 0.2) is 12.2 Å². The van der Waals surface area contributed by atoms with E-state index < -0.39 is 12.1 Å². The van der Waals surface area contributed by atoms with Gasteiger partial charge in [0.2, 0.25) is 5.91 Å². The molecule has 0 saturated heterocycles. The highest BCUT2D eigenvalue weighted by Crippen LogP contribution is 2.21. The third kappa shape index (κ3) is 75.6. The second kappa shape index (κ2) is 80.0. The van der Waals surface area contributed by atoms with E-state index in [1.54, 1.807) is 6.08 Å². The van der Waals surface area contributed by atoms with Crippen LogP contribution in [0.4, 0.5) is 0 Å². The van der Waals surface area contributed by atoms with Gasteiger partial charge in [-0.1, -0.05) is 456 Å². The number of amides is 1. The van der Waals surface area contributed by atoms with Gasteiger partial charge in [-0.2, -0.15) is 0 Å². The van der Waals surface area contributed by atoms with E-state index in [1.807, 2.05) is 6.08 Å². The zero-order valence-electron chi connectivity index (χ0n) is 61.7. The summed E-state index contributed by atoms with van der Waals surface area (Å²) < 4.78 is 5.49. The number of allylic oxidation sites excluding steroid dienone is 1. The summed E-state index contributed by atoms with van der Waals surface area (Å²) in [5.41, 5.74) is 0. The fourth-order valence-corrected chi connectivity index (χ4v) is 13.7. The number of hydrogen-bond acceptors (Lipinski definition) is 5. The summed E-state index contributed by atoms with van der Waals surface area (Å²) >= 11 is 0. The Morgan fingerprint density at radius 1 is 0.300 bits per heavy atom. The smallest absolute Gasteiger partial charge is 0.305 e. The molecule has 536 valence electrons. The minimum absolute atomic E-state index is 0.0247. The van der Waals surface area contributed by atoms with Gasteiger partial charge in [0, 0.05) is 12.8 Å². The quantitative estimate of drug-likeness (QED) is 0.0320. The lowest BCUT2D eigenvalue weighted by Crippen LogP contribution is -2.45. The number of rotatable bonds is 80. The van der Waals surface area contributed by atoms with Crippen molar-refractivity contribution in [2.45, 2.75) is 501 Å². The third-order valence-electron chi connectivity index (χ3n) is 20.1. The maximum absolute atomic E-state index is 12.6. The Morgan fingerprint density at radius 2 is 0.511 bits per heavy atom. The molecule has 0 aromatic rings. The van der Waals surface area contributed by atoms with Crippen LogP contribution in [0.5, 0.6) is 0 Å². The van der Waals surface area contributed by atoms with Crippen molar-refractivity contribution >= 4 is 11.9 Å². The van der Waals surface area contributed by atoms with Crippen LogP contribution in [0.25, 0.3) is 0 Å². The number of aliphatic hydroxyl groups excluding tert-OH is 2. The van der Waals surface area contributed by atoms with Gasteiger partial charge in [0.1, 0.15) is 0 Å². The van der Waals surface area contributed by atoms with Crippen molar-refractivity contribution in [3.63, 3.8) is 0 Å². The fourth-order valence-electron chi connectivity index (χ4n) is 13.7. The minimum Gasteiger partial charge on any atom is -0.466 e. The molecule has 3 N–H and O–H groups in total. The summed E-state index contributed by atoms with van der Waals surface area (Å²) in [7, 11) is 0. The molecule has 0 aromatic carbocycles. The summed E-state index contributed by atoms with van der Waals surface area (Å²) in [6, 6.07) is -0.624. The van der Waals surface area contributed by atoms with Crippen LogP contribution < -0.4 is 5.32 Å². The molecule has 0 radical (unpaired) electrons. The summed E-state index contributed by atoms with van der Waals surface area (Å²) in [6.07, 6.45) is 102. The van der Waals surface area contributed by atoms with Gasteiger partial charge in [0.25, 0.3) is 0 Å². The van der Waals surface area contributed by atoms with E-state index in [0.29, 0.717) is 19.4 Å². The number of hydrogen-bond donors (Lipinski definition) is 3. The van der Waals surface area contributed by atoms with Crippen molar-refractivity contribution in [3.05, 3.63) is 12.2 Å². The highest BCUT2D eigenvalue weighted by Gasteiger charge is 2.18. The van der Waals surface area contributed by atoms with Gasteiger partial charge in [-0.3, -0.25) is 9.59 Å². The lowest BCUT2D eigenvalue weighted by Gasteiger charge is -2.20. The fraction of sp³-hybridized carbons (Fsp3) is 0.952. The van der Waals surface area contributed by atoms with Crippen molar-refractivity contribution in [2.75, 3.05) is 13.2 Å². The number of esters is 1. The van der Waals surface area contributed by atoms with Crippen LogP contribution in [-0.4, -0.2) is 47.4 Å². The van der Waals surface area contributed by atoms with Crippen LogP contribution >= 0.6 is 0 Å². The number of carbonyl (C=O) groups is 2. The first-order valence-electron chi connectivity index (χ1n) is 42.0. The van der Waals surface area contributed by atoms with Crippen LogP contribution in [0.1, 0.15) is 489 Å². The van der Waals surface area contributed by atoms with E-state index >= 15 is 0 Å². The molecule has 6 nitrogen and oxygen atoms in total. The molecule has 90 heavy (non-hydrogen) atoms. The molecule has 0 saturated carbocycles. The third-order valence-corrected chi connectivity index (χ3v) is 20.1. The van der Waals surface area contributed by atoms with Crippen LogP contribution in [0.2, 0.25) is 0 Å². The predicted octanol–water partition coefficient (Wildman–Crippen LogP) is 27.8. The minimum atomic E-state index is -0.841. The molecule has 6 heteroatoms. The lowest BCUT2D eigenvalue weighted by molar-refractivity contribution is -0.143. The monoisotopic (exact) mass is 1270 g/mol. The maximum Gasteiger partial charge on any atom is 0.305 e. The van der Waals surface area contributed by atoms with Gasteiger partial charge < -0.3 is 20.3 Å². The summed E-state index contributed by atoms with van der Waals surface area (Å²) in [4.78, 5) is 24.6. The predicted molar refractivity (Wildman–Crippen MR) is 398 cm³/mol. The first-order valence-corrected chi connectivity index (χ1v) is 42.0. The van der Waals surface area contributed by atoms with E-state index in [9.17, 15) is 19.8 Å². The second-order valence-electron chi connectivity index (χ2n) is 29.2. The van der Waals surface area contributed by atoms with Crippen molar-refractivity contribution in [1.82, 2.24) is 5.32 Å². The zero-order valence-corrected chi connectivity index (χ0v) is 61.7. The number of nitrogens with one attached hydrogen (secondary N) is 1. The van der Waals surface area contributed by atoms with Gasteiger partial charge in [-0.15, -0.1) is 0 Å². The van der Waals surface area contributed by atoms with Crippen LogP contribution in [0.3, 0.4) is 0 Å². The Balaban J connectivity index is 3.32. The molecule has 0 heterocycles. The zero-order chi connectivity index (χ0) is 64.9. The maximum atomic E-state index is 12.6. The Kier molecular flexibility index (Phi) is 78.8. The van der Waals surface area contributed by atoms with E-state index in [1.165, 1.54) is 424 Å². The Hall–Kier alpha value is -1.40. The molecule has 0 aromatic heterocycles. The summed E-state index contributed by atoms with van der Waals surface area (Å²) in [5, 5.41) is 23.3. The molecule has 0 aliphatic rings. The van der Waals surface area contributed by atoms with Crippen molar-refractivity contribution < 1.29 is 24.5 Å². The molecular weight excluding hydrogens is 1100 g/mol. The van der Waals surface area contributed by atoms with Gasteiger partial charge in [0.05, 0.1) is 25.4 Å². The molecule has 0 bridgehead atoms. The highest BCUT2D eigenvalue weighted by molar-refractivity contribution is 5.76. The Morgan fingerprint density at radius 3 is 0.756 bits per heavy atom. The number of ether oxygens (including phenoxy) is 1. The Labute approximate surface area is 565 Å². The molecule has 1 amide bonds. The molecule has 2 atom stereocenters. The SMILES string of the molecule is CCCCCCCCCCCCCCCCCCCCCCC/C=C/C(O)C(CO)NC(=O)CCCCCCCCCCCCCCCCCCCCCCCCCCCCCCCCCCCCCCCCCOC(=O)CCCCCCCCCCCCC. The average Bonchev–Trinajstić information content (AvgIpc) is 3.62. The summed E-state index contributed by atoms with van der Waals surface area (Å²) in [6.45, 7) is 4.96. The van der Waals surface area contributed by atoms with E-state index in [0.717, 1.165) is 38.5 Å². The number of unbranched alkanes of at least 4 members (excludes halogenated alkanes) is 69. The van der Waals surface area contributed by atoms with Crippen LogP contribution in [-0.2, 0) is 14.3 Å². The van der Waals surface area contributed by atoms with Gasteiger partial charge in [-0.25, -0.2) is 0 Å². The normalized spacial score (nSPS) is 12.4. The first kappa shape index (κ1) is 88.6.